The predicted octanol–water partition coefficient (Wildman–Crippen LogP) is 3.86. The molecule has 0 fully saturated rings. The van der Waals surface area contributed by atoms with Gasteiger partial charge < -0.3 is 0 Å². The van der Waals surface area contributed by atoms with Crippen LogP contribution in [0.5, 0.6) is 0 Å². The summed E-state index contributed by atoms with van der Waals surface area (Å²) in [4.78, 5) is 12.7. The van der Waals surface area contributed by atoms with Gasteiger partial charge in [0.05, 0.1) is 16.0 Å². The molecule has 2 aromatic rings. The van der Waals surface area contributed by atoms with Crippen LogP contribution in [0.4, 0.5) is 4.39 Å². The van der Waals surface area contributed by atoms with Crippen LogP contribution >= 0.6 is 11.6 Å². The van der Waals surface area contributed by atoms with Gasteiger partial charge in [-0.15, -0.1) is 0 Å². The van der Waals surface area contributed by atoms with Gasteiger partial charge in [0.25, 0.3) is 0 Å². The summed E-state index contributed by atoms with van der Waals surface area (Å²) in [5.74, 6) is -0.633. The number of carbonyl (C=O) groups is 1. The molecule has 104 valence electrons. The fourth-order valence-corrected chi connectivity index (χ4v) is 2.99. The lowest BCUT2D eigenvalue weighted by Crippen LogP contribution is -2.22. The van der Waals surface area contributed by atoms with Crippen LogP contribution in [0.15, 0.2) is 53.4 Å². The molecule has 0 saturated heterocycles. The minimum absolute atomic E-state index is 0.232. The van der Waals surface area contributed by atoms with Crippen LogP contribution in [0.3, 0.4) is 0 Å². The first-order chi connectivity index (χ1) is 9.49. The molecule has 0 heterocycles. The summed E-state index contributed by atoms with van der Waals surface area (Å²) in [6, 6.07) is 11.7. The van der Waals surface area contributed by atoms with E-state index in [4.69, 9.17) is 11.6 Å². The van der Waals surface area contributed by atoms with E-state index in [1.54, 1.807) is 31.2 Å². The summed E-state index contributed by atoms with van der Waals surface area (Å²) < 4.78 is 25.1. The molecular weight excluding hydrogens is 299 g/mol. The summed E-state index contributed by atoms with van der Waals surface area (Å²) >= 11 is 5.76. The Hall–Kier alpha value is -1.52. The monoisotopic (exact) mass is 310 g/mol. The third kappa shape index (κ3) is 3.32. The third-order valence-electron chi connectivity index (χ3n) is 2.87. The molecule has 2 aromatic carbocycles. The van der Waals surface area contributed by atoms with Crippen molar-refractivity contribution in [3.8, 4) is 0 Å². The van der Waals surface area contributed by atoms with Gasteiger partial charge >= 0.3 is 0 Å². The highest BCUT2D eigenvalue weighted by atomic mass is 35.5. The number of halogens is 2. The van der Waals surface area contributed by atoms with E-state index in [2.05, 4.69) is 0 Å². The molecule has 20 heavy (non-hydrogen) atoms. The Kier molecular flexibility index (Phi) is 4.68. The maximum Gasteiger partial charge on any atom is 0.178 e. The van der Waals surface area contributed by atoms with Crippen molar-refractivity contribution in [2.75, 3.05) is 0 Å². The lowest BCUT2D eigenvalue weighted by Gasteiger charge is -2.10. The topological polar surface area (TPSA) is 34.1 Å². The molecule has 2 unspecified atom stereocenters. The Morgan fingerprint density at radius 2 is 1.65 bits per heavy atom. The molecule has 0 aromatic heterocycles. The standard InChI is InChI=1S/C15H12ClFO2S/c1-10(15(18)11-2-4-12(16)5-3-11)20(19)14-8-6-13(17)7-9-14/h2-10H,1H3. The molecule has 0 saturated carbocycles. The van der Waals surface area contributed by atoms with Gasteiger partial charge in [0, 0.05) is 15.5 Å². The molecule has 0 N–H and O–H groups in total. The summed E-state index contributed by atoms with van der Waals surface area (Å²) in [7, 11) is -1.52. The van der Waals surface area contributed by atoms with Crippen LogP contribution in [-0.4, -0.2) is 15.2 Å². The van der Waals surface area contributed by atoms with Crippen molar-refractivity contribution >= 4 is 28.2 Å². The van der Waals surface area contributed by atoms with Crippen molar-refractivity contribution in [1.29, 1.82) is 0 Å². The van der Waals surface area contributed by atoms with Crippen LogP contribution in [0.2, 0.25) is 5.02 Å². The van der Waals surface area contributed by atoms with Gasteiger partial charge in [0.2, 0.25) is 0 Å². The largest absolute Gasteiger partial charge is 0.293 e. The van der Waals surface area contributed by atoms with Crippen LogP contribution in [0.25, 0.3) is 0 Å². The fraction of sp³-hybridized carbons (Fsp3) is 0.133. The fourth-order valence-electron chi connectivity index (χ4n) is 1.72. The number of hydrogen-bond donors (Lipinski definition) is 0. The number of Topliss-reactive ketones (excluding diaryl/α,β-unsaturated/α-hetero) is 1. The SMILES string of the molecule is CC(C(=O)c1ccc(Cl)cc1)S(=O)c1ccc(F)cc1. The Balaban J connectivity index is 2.20. The normalized spacial score (nSPS) is 13.8. The average molecular weight is 311 g/mol. The second-order valence-corrected chi connectivity index (χ2v) is 6.47. The lowest BCUT2D eigenvalue weighted by molar-refractivity contribution is 0.0992. The zero-order chi connectivity index (χ0) is 14.7. The zero-order valence-electron chi connectivity index (χ0n) is 10.7. The highest BCUT2D eigenvalue weighted by Gasteiger charge is 2.22. The molecule has 5 heteroatoms. The zero-order valence-corrected chi connectivity index (χ0v) is 12.2. The Morgan fingerprint density at radius 3 is 2.20 bits per heavy atom. The molecule has 0 spiro atoms. The van der Waals surface area contributed by atoms with E-state index in [-0.39, 0.29) is 5.78 Å². The quantitative estimate of drug-likeness (QED) is 0.804. The number of hydrogen-bond acceptors (Lipinski definition) is 2. The van der Waals surface area contributed by atoms with E-state index < -0.39 is 21.9 Å². The molecule has 0 radical (unpaired) electrons. The molecule has 0 aliphatic heterocycles. The summed E-state index contributed by atoms with van der Waals surface area (Å²) in [5.41, 5.74) is 0.456. The van der Waals surface area contributed by atoms with Gasteiger partial charge in [-0.1, -0.05) is 11.6 Å². The van der Waals surface area contributed by atoms with Crippen molar-refractivity contribution < 1.29 is 13.4 Å². The number of carbonyl (C=O) groups excluding carboxylic acids is 1. The first-order valence-electron chi connectivity index (χ1n) is 5.95. The molecule has 0 aliphatic rings. The van der Waals surface area contributed by atoms with Gasteiger partial charge in [0.1, 0.15) is 5.82 Å². The second kappa shape index (κ2) is 6.29. The maximum absolute atomic E-state index is 12.8. The minimum atomic E-state index is -1.52. The Morgan fingerprint density at radius 1 is 1.10 bits per heavy atom. The summed E-state index contributed by atoms with van der Waals surface area (Å²) in [5, 5.41) is -0.171. The summed E-state index contributed by atoms with van der Waals surface area (Å²) in [6.07, 6.45) is 0. The van der Waals surface area contributed by atoms with Crippen LogP contribution in [-0.2, 0) is 10.8 Å². The van der Waals surface area contributed by atoms with Crippen molar-refractivity contribution in [2.24, 2.45) is 0 Å². The molecular formula is C15H12ClFO2S. The van der Waals surface area contributed by atoms with Gasteiger partial charge in [-0.2, -0.15) is 0 Å². The summed E-state index contributed by atoms with van der Waals surface area (Å²) in [6.45, 7) is 1.59. The Labute approximate surface area is 124 Å². The van der Waals surface area contributed by atoms with Crippen molar-refractivity contribution in [3.05, 3.63) is 64.9 Å². The van der Waals surface area contributed by atoms with Crippen LogP contribution < -0.4 is 0 Å². The van der Waals surface area contributed by atoms with Crippen molar-refractivity contribution in [3.63, 3.8) is 0 Å². The highest BCUT2D eigenvalue weighted by molar-refractivity contribution is 7.86. The first-order valence-corrected chi connectivity index (χ1v) is 7.54. The first kappa shape index (κ1) is 14.9. The van der Waals surface area contributed by atoms with Crippen molar-refractivity contribution in [2.45, 2.75) is 17.1 Å². The maximum atomic E-state index is 12.8. The lowest BCUT2D eigenvalue weighted by atomic mass is 10.1. The highest BCUT2D eigenvalue weighted by Crippen LogP contribution is 2.17. The van der Waals surface area contributed by atoms with Gasteiger partial charge in [-0.05, 0) is 55.5 Å². The molecule has 0 amide bonds. The van der Waals surface area contributed by atoms with E-state index in [9.17, 15) is 13.4 Å². The van der Waals surface area contributed by atoms with E-state index in [0.29, 0.717) is 15.5 Å². The third-order valence-corrected chi connectivity index (χ3v) is 4.71. The van der Waals surface area contributed by atoms with Crippen LogP contribution in [0.1, 0.15) is 17.3 Å². The van der Waals surface area contributed by atoms with E-state index in [1.807, 2.05) is 0 Å². The molecule has 2 nitrogen and oxygen atoms in total. The predicted molar refractivity (Wildman–Crippen MR) is 78.1 cm³/mol. The van der Waals surface area contributed by atoms with E-state index >= 15 is 0 Å². The number of rotatable bonds is 4. The van der Waals surface area contributed by atoms with E-state index in [0.717, 1.165) is 0 Å². The molecule has 2 rings (SSSR count). The molecule has 0 aliphatic carbocycles. The molecule has 2 atom stereocenters. The Bertz CT molecular complexity index is 580. The van der Waals surface area contributed by atoms with Crippen molar-refractivity contribution in [1.82, 2.24) is 0 Å². The average Bonchev–Trinajstić information content (AvgIpc) is 2.46. The smallest absolute Gasteiger partial charge is 0.178 e. The number of ketones is 1. The molecule has 0 bridgehead atoms. The second-order valence-electron chi connectivity index (χ2n) is 4.26. The van der Waals surface area contributed by atoms with Gasteiger partial charge in [0.15, 0.2) is 5.78 Å². The van der Waals surface area contributed by atoms with Gasteiger partial charge in [-0.3, -0.25) is 9.00 Å². The van der Waals surface area contributed by atoms with E-state index in [1.165, 1.54) is 24.3 Å². The number of benzene rings is 2. The van der Waals surface area contributed by atoms with Crippen LogP contribution in [0, 0.1) is 5.82 Å². The minimum Gasteiger partial charge on any atom is -0.293 e. The van der Waals surface area contributed by atoms with Gasteiger partial charge in [-0.25, -0.2) is 4.39 Å².